The lowest BCUT2D eigenvalue weighted by Crippen LogP contribution is -2.41. The van der Waals surface area contributed by atoms with E-state index in [1.54, 1.807) is 7.05 Å². The second-order valence-corrected chi connectivity index (χ2v) is 8.06. The van der Waals surface area contributed by atoms with Gasteiger partial charge in [-0.25, -0.2) is 12.8 Å². The monoisotopic (exact) mass is 373 g/mol. The number of carbonyl (C=O) groups is 1. The molecule has 0 atom stereocenters. The van der Waals surface area contributed by atoms with Crippen LogP contribution in [0, 0.1) is 5.82 Å². The van der Waals surface area contributed by atoms with Crippen LogP contribution in [0.3, 0.4) is 0 Å². The molecule has 21 heavy (non-hydrogen) atoms. The zero-order chi connectivity index (χ0) is 15.9. The summed E-state index contributed by atoms with van der Waals surface area (Å²) in [4.78, 5) is 13.0. The molecule has 1 aromatic carbocycles. The van der Waals surface area contributed by atoms with Crippen LogP contribution in [0.15, 0.2) is 11.0 Å². The third-order valence-corrected chi connectivity index (χ3v) is 5.88. The van der Waals surface area contributed by atoms with Crippen molar-refractivity contribution in [1.29, 1.82) is 0 Å². The Morgan fingerprint density at radius 3 is 2.33 bits per heavy atom. The number of hydrogen-bond donors (Lipinski definition) is 0. The number of nitrogens with zero attached hydrogens (tertiary/aromatic N) is 1. The minimum atomic E-state index is -4.38. The first kappa shape index (κ1) is 16.8. The highest BCUT2D eigenvalue weighted by Gasteiger charge is 2.32. The number of rotatable bonds is 3. The van der Waals surface area contributed by atoms with Gasteiger partial charge in [0.15, 0.2) is 0 Å². The van der Waals surface area contributed by atoms with Crippen LogP contribution in [-0.4, -0.2) is 32.3 Å². The SMILES string of the molecule is CN(C(=O)c1cc(F)c(Cl)c(S(=O)(=O)Cl)c1Cl)C1CCC1. The number of benzene rings is 1. The molecule has 116 valence electrons. The van der Waals surface area contributed by atoms with Crippen molar-refractivity contribution in [2.45, 2.75) is 30.2 Å². The molecule has 0 spiro atoms. The molecule has 1 aliphatic rings. The molecule has 4 nitrogen and oxygen atoms in total. The minimum absolute atomic E-state index is 0.0448. The van der Waals surface area contributed by atoms with E-state index in [4.69, 9.17) is 33.9 Å². The molecular weight excluding hydrogens is 364 g/mol. The maximum atomic E-state index is 13.8. The van der Waals surface area contributed by atoms with E-state index in [1.807, 2.05) is 0 Å². The Hall–Kier alpha value is -0.560. The van der Waals surface area contributed by atoms with Crippen molar-refractivity contribution in [2.24, 2.45) is 0 Å². The van der Waals surface area contributed by atoms with E-state index in [0.29, 0.717) is 0 Å². The molecule has 1 amide bonds. The van der Waals surface area contributed by atoms with Crippen LogP contribution in [0.2, 0.25) is 10.0 Å². The van der Waals surface area contributed by atoms with Crippen LogP contribution < -0.4 is 0 Å². The topological polar surface area (TPSA) is 54.5 Å². The van der Waals surface area contributed by atoms with Crippen LogP contribution in [0.1, 0.15) is 29.6 Å². The molecule has 1 aliphatic carbocycles. The van der Waals surface area contributed by atoms with E-state index < -0.39 is 35.7 Å². The highest BCUT2D eigenvalue weighted by molar-refractivity contribution is 8.14. The maximum Gasteiger partial charge on any atom is 0.264 e. The van der Waals surface area contributed by atoms with Gasteiger partial charge in [0, 0.05) is 23.8 Å². The molecule has 0 bridgehead atoms. The Morgan fingerprint density at radius 2 is 1.90 bits per heavy atom. The van der Waals surface area contributed by atoms with Gasteiger partial charge in [0.25, 0.3) is 15.0 Å². The quantitative estimate of drug-likeness (QED) is 0.599. The first-order valence-electron chi connectivity index (χ1n) is 6.04. The molecule has 1 fully saturated rings. The number of amides is 1. The zero-order valence-corrected chi connectivity index (χ0v) is 14.0. The van der Waals surface area contributed by atoms with E-state index in [0.717, 1.165) is 25.3 Å². The summed E-state index contributed by atoms with van der Waals surface area (Å²) < 4.78 is 36.7. The molecular formula is C12H11Cl3FNO3S. The molecule has 9 heteroatoms. The van der Waals surface area contributed by atoms with Crippen LogP contribution in [0.4, 0.5) is 4.39 Å². The Labute approximate surface area is 136 Å². The van der Waals surface area contributed by atoms with Crippen molar-refractivity contribution in [3.8, 4) is 0 Å². The highest BCUT2D eigenvalue weighted by Crippen LogP contribution is 2.37. The molecule has 2 rings (SSSR count). The summed E-state index contributed by atoms with van der Waals surface area (Å²) in [5, 5.41) is -1.19. The van der Waals surface area contributed by atoms with Crippen molar-refractivity contribution in [1.82, 2.24) is 4.90 Å². The zero-order valence-electron chi connectivity index (χ0n) is 10.9. The predicted molar refractivity (Wildman–Crippen MR) is 79.2 cm³/mol. The summed E-state index contributed by atoms with van der Waals surface area (Å²) in [6, 6.07) is 0.872. The van der Waals surface area contributed by atoms with Gasteiger partial charge in [0.1, 0.15) is 10.7 Å². The van der Waals surface area contributed by atoms with Gasteiger partial charge in [-0.15, -0.1) is 0 Å². The number of halogens is 4. The molecule has 1 saturated carbocycles. The smallest absolute Gasteiger partial charge is 0.264 e. The van der Waals surface area contributed by atoms with Crippen molar-refractivity contribution >= 4 is 48.8 Å². The van der Waals surface area contributed by atoms with Crippen LogP contribution >= 0.6 is 33.9 Å². The lowest BCUT2D eigenvalue weighted by atomic mass is 9.91. The molecule has 0 N–H and O–H groups in total. The molecule has 0 unspecified atom stereocenters. The highest BCUT2D eigenvalue weighted by atomic mass is 35.7. The van der Waals surface area contributed by atoms with Crippen LogP contribution in [-0.2, 0) is 9.05 Å². The summed E-state index contributed by atoms with van der Waals surface area (Å²) >= 11 is 11.5. The number of carbonyl (C=O) groups excluding carboxylic acids is 1. The largest absolute Gasteiger partial charge is 0.339 e. The summed E-state index contributed by atoms with van der Waals surface area (Å²) in [5.74, 6) is -1.63. The van der Waals surface area contributed by atoms with Gasteiger partial charge in [0.05, 0.1) is 15.6 Å². The molecule has 0 heterocycles. The number of hydrogen-bond acceptors (Lipinski definition) is 3. The minimum Gasteiger partial charge on any atom is -0.339 e. The Morgan fingerprint density at radius 1 is 1.33 bits per heavy atom. The van der Waals surface area contributed by atoms with Gasteiger partial charge < -0.3 is 4.90 Å². The fourth-order valence-corrected chi connectivity index (χ4v) is 4.45. The summed E-state index contributed by atoms with van der Waals surface area (Å²) in [7, 11) is 2.39. The molecule has 0 radical (unpaired) electrons. The maximum absolute atomic E-state index is 13.8. The second-order valence-electron chi connectivity index (χ2n) is 4.80. The average Bonchev–Trinajstić information content (AvgIpc) is 2.29. The van der Waals surface area contributed by atoms with Crippen LogP contribution in [0.25, 0.3) is 0 Å². The van der Waals surface area contributed by atoms with Gasteiger partial charge in [-0.1, -0.05) is 23.2 Å². The van der Waals surface area contributed by atoms with Gasteiger partial charge >= 0.3 is 0 Å². The van der Waals surface area contributed by atoms with Crippen molar-refractivity contribution in [3.05, 3.63) is 27.5 Å². The van der Waals surface area contributed by atoms with Gasteiger partial charge in [0.2, 0.25) is 0 Å². The molecule has 0 aromatic heterocycles. The molecule has 0 saturated heterocycles. The van der Waals surface area contributed by atoms with E-state index in [9.17, 15) is 17.6 Å². The normalized spacial score (nSPS) is 15.7. The summed E-state index contributed by atoms with van der Waals surface area (Å²) in [6.45, 7) is 0. The van der Waals surface area contributed by atoms with Crippen molar-refractivity contribution in [3.63, 3.8) is 0 Å². The molecule has 0 aliphatic heterocycles. The second kappa shape index (κ2) is 5.91. The molecule has 1 aromatic rings. The van der Waals surface area contributed by atoms with Crippen molar-refractivity contribution in [2.75, 3.05) is 7.05 Å². The van der Waals surface area contributed by atoms with E-state index in [2.05, 4.69) is 0 Å². The first-order chi connectivity index (χ1) is 9.64. The summed E-state index contributed by atoms with van der Waals surface area (Å²) in [6.07, 6.45) is 2.69. The standard InChI is InChI=1S/C12H11Cl3FNO3S/c1-17(6-3-2-4-6)12(18)7-5-8(16)10(14)11(9(7)13)21(15,19)20/h5-6H,2-4H2,1H3. The van der Waals surface area contributed by atoms with Crippen molar-refractivity contribution < 1.29 is 17.6 Å². The van der Waals surface area contributed by atoms with E-state index >= 15 is 0 Å². The fourth-order valence-electron chi connectivity index (χ4n) is 2.08. The van der Waals surface area contributed by atoms with Gasteiger partial charge in [-0.05, 0) is 25.3 Å². The van der Waals surface area contributed by atoms with Crippen LogP contribution in [0.5, 0.6) is 0 Å². The fraction of sp³-hybridized carbons (Fsp3) is 0.417. The van der Waals surface area contributed by atoms with E-state index in [-0.39, 0.29) is 11.6 Å². The third-order valence-electron chi connectivity index (χ3n) is 3.53. The van der Waals surface area contributed by atoms with Gasteiger partial charge in [-0.2, -0.15) is 0 Å². The Bertz CT molecular complexity index is 704. The summed E-state index contributed by atoms with van der Waals surface area (Å²) in [5.41, 5.74) is -0.271. The average molecular weight is 375 g/mol. The lowest BCUT2D eigenvalue weighted by molar-refractivity contribution is 0.0651. The third kappa shape index (κ3) is 3.13. The predicted octanol–water partition coefficient (Wildman–Crippen LogP) is 3.68. The van der Waals surface area contributed by atoms with Gasteiger partial charge in [-0.3, -0.25) is 4.79 Å². The Balaban J connectivity index is 2.54. The lowest BCUT2D eigenvalue weighted by Gasteiger charge is -2.35. The Kier molecular flexibility index (Phi) is 4.73. The first-order valence-corrected chi connectivity index (χ1v) is 9.10. The van der Waals surface area contributed by atoms with E-state index in [1.165, 1.54) is 4.90 Å².